The minimum atomic E-state index is -0.464. The van der Waals surface area contributed by atoms with Crippen LogP contribution in [0.25, 0.3) is 17.1 Å². The third-order valence-electron chi connectivity index (χ3n) is 4.15. The lowest BCUT2D eigenvalue weighted by atomic mass is 10.2. The van der Waals surface area contributed by atoms with Crippen LogP contribution in [0.2, 0.25) is 0 Å². The molecule has 0 radical (unpaired) electrons. The molecule has 152 valence electrons. The summed E-state index contributed by atoms with van der Waals surface area (Å²) in [5.41, 5.74) is 1.37. The largest absolute Gasteiger partial charge is 0.497 e. The van der Waals surface area contributed by atoms with Gasteiger partial charge >= 0.3 is 0 Å². The molecule has 0 saturated heterocycles. The number of nitrogens with zero attached hydrogens (tertiary/aromatic N) is 7. The van der Waals surface area contributed by atoms with Crippen LogP contribution in [0, 0.1) is 10.1 Å². The van der Waals surface area contributed by atoms with Crippen molar-refractivity contribution in [3.05, 3.63) is 64.5 Å². The third-order valence-corrected chi connectivity index (χ3v) is 5.17. The summed E-state index contributed by atoms with van der Waals surface area (Å²) in [5.74, 6) is 1.40. The molecule has 4 rings (SSSR count). The number of methoxy groups -OCH3 is 1. The van der Waals surface area contributed by atoms with Gasteiger partial charge in [0.05, 0.1) is 23.0 Å². The van der Waals surface area contributed by atoms with Gasteiger partial charge in [0.15, 0.2) is 0 Å². The molecular formula is C18H15N7O4S. The second kappa shape index (κ2) is 8.29. The van der Waals surface area contributed by atoms with E-state index in [1.54, 1.807) is 23.9 Å². The Hall–Kier alpha value is -3.80. The van der Waals surface area contributed by atoms with Crippen molar-refractivity contribution < 1.29 is 14.1 Å². The standard InChI is InChI=1S/C18H15N7O4S/c1-11(16-19-20-17(29-16)12-3-5-14(6-4-12)25(26)27)30-18-21-22-23-24(18)13-7-9-15(28-2)10-8-13/h3-11H,1-2H3. The first-order valence-electron chi connectivity index (χ1n) is 8.73. The molecule has 0 aliphatic rings. The van der Waals surface area contributed by atoms with Crippen LogP contribution >= 0.6 is 11.8 Å². The van der Waals surface area contributed by atoms with Crippen molar-refractivity contribution >= 4 is 17.4 Å². The van der Waals surface area contributed by atoms with Crippen LogP contribution < -0.4 is 4.74 Å². The molecule has 0 amide bonds. The second-order valence-electron chi connectivity index (χ2n) is 6.08. The van der Waals surface area contributed by atoms with E-state index in [9.17, 15) is 10.1 Å². The van der Waals surface area contributed by atoms with E-state index in [4.69, 9.17) is 9.15 Å². The van der Waals surface area contributed by atoms with Gasteiger partial charge < -0.3 is 9.15 Å². The second-order valence-corrected chi connectivity index (χ2v) is 7.39. The predicted molar refractivity (Wildman–Crippen MR) is 106 cm³/mol. The molecular weight excluding hydrogens is 410 g/mol. The van der Waals surface area contributed by atoms with E-state index in [0.717, 1.165) is 11.4 Å². The molecule has 0 aliphatic carbocycles. The van der Waals surface area contributed by atoms with Crippen molar-refractivity contribution in [1.82, 2.24) is 30.4 Å². The Bertz CT molecular complexity index is 1160. The van der Waals surface area contributed by atoms with E-state index in [1.807, 2.05) is 31.2 Å². The van der Waals surface area contributed by atoms with Crippen molar-refractivity contribution in [2.24, 2.45) is 0 Å². The Morgan fingerprint density at radius 1 is 1.10 bits per heavy atom. The summed E-state index contributed by atoms with van der Waals surface area (Å²) in [6, 6.07) is 13.3. The number of nitro groups is 1. The minimum absolute atomic E-state index is 0.00668. The molecule has 30 heavy (non-hydrogen) atoms. The van der Waals surface area contributed by atoms with Crippen molar-refractivity contribution in [3.63, 3.8) is 0 Å². The number of ether oxygens (including phenoxy) is 1. The lowest BCUT2D eigenvalue weighted by molar-refractivity contribution is -0.384. The molecule has 2 aromatic heterocycles. The topological polar surface area (TPSA) is 135 Å². The maximum absolute atomic E-state index is 10.8. The molecule has 1 unspecified atom stereocenters. The first kappa shape index (κ1) is 19.5. The molecule has 1 atom stereocenters. The quantitative estimate of drug-likeness (QED) is 0.246. The summed E-state index contributed by atoms with van der Waals surface area (Å²) in [7, 11) is 1.60. The van der Waals surface area contributed by atoms with Crippen LogP contribution in [0.1, 0.15) is 18.1 Å². The highest BCUT2D eigenvalue weighted by Crippen LogP contribution is 2.34. The number of tetrazole rings is 1. The molecule has 2 aromatic carbocycles. The fourth-order valence-corrected chi connectivity index (χ4v) is 3.43. The number of hydrogen-bond acceptors (Lipinski definition) is 10. The third kappa shape index (κ3) is 3.98. The lowest BCUT2D eigenvalue weighted by Gasteiger charge is -2.08. The molecule has 2 heterocycles. The smallest absolute Gasteiger partial charge is 0.269 e. The SMILES string of the molecule is COc1ccc(-n2nnnc2SC(C)c2nnc(-c3ccc([N+](=O)[O-])cc3)o2)cc1. The van der Waals surface area contributed by atoms with E-state index in [1.165, 1.54) is 23.9 Å². The van der Waals surface area contributed by atoms with E-state index in [0.29, 0.717) is 16.6 Å². The number of aromatic nitrogens is 6. The zero-order valence-electron chi connectivity index (χ0n) is 15.9. The zero-order valence-corrected chi connectivity index (χ0v) is 16.7. The van der Waals surface area contributed by atoms with Gasteiger partial charge in [-0.25, -0.2) is 0 Å². The molecule has 4 aromatic rings. The van der Waals surface area contributed by atoms with Gasteiger partial charge in [-0.15, -0.1) is 15.3 Å². The highest BCUT2D eigenvalue weighted by molar-refractivity contribution is 7.99. The average molecular weight is 425 g/mol. The first-order chi connectivity index (χ1) is 14.5. The average Bonchev–Trinajstić information content (AvgIpc) is 3.44. The number of thioether (sulfide) groups is 1. The van der Waals surface area contributed by atoms with Gasteiger partial charge in [0.1, 0.15) is 5.75 Å². The number of nitro benzene ring substituents is 1. The summed E-state index contributed by atoms with van der Waals surface area (Å²) in [4.78, 5) is 10.3. The van der Waals surface area contributed by atoms with Gasteiger partial charge in [0.25, 0.3) is 5.69 Å². The van der Waals surface area contributed by atoms with Crippen molar-refractivity contribution in [1.29, 1.82) is 0 Å². The van der Waals surface area contributed by atoms with Gasteiger partial charge in [-0.2, -0.15) is 4.68 Å². The Morgan fingerprint density at radius 2 is 1.83 bits per heavy atom. The summed E-state index contributed by atoms with van der Waals surface area (Å²) >= 11 is 1.36. The van der Waals surface area contributed by atoms with Crippen LogP contribution in [0.4, 0.5) is 5.69 Å². The fraction of sp³-hybridized carbons (Fsp3) is 0.167. The number of rotatable bonds is 7. The first-order valence-corrected chi connectivity index (χ1v) is 9.61. The van der Waals surface area contributed by atoms with Crippen molar-refractivity contribution in [2.45, 2.75) is 17.3 Å². The van der Waals surface area contributed by atoms with E-state index in [2.05, 4.69) is 25.7 Å². The van der Waals surface area contributed by atoms with Crippen molar-refractivity contribution in [3.8, 4) is 22.9 Å². The van der Waals surface area contributed by atoms with Crippen LogP contribution in [0.3, 0.4) is 0 Å². The minimum Gasteiger partial charge on any atom is -0.497 e. The number of non-ortho nitro benzene ring substituents is 1. The molecule has 0 fully saturated rings. The fourth-order valence-electron chi connectivity index (χ4n) is 2.59. The van der Waals surface area contributed by atoms with Crippen molar-refractivity contribution in [2.75, 3.05) is 7.11 Å². The van der Waals surface area contributed by atoms with Gasteiger partial charge in [0, 0.05) is 17.7 Å². The van der Waals surface area contributed by atoms with Crippen LogP contribution in [0.5, 0.6) is 5.75 Å². The molecule has 0 N–H and O–H groups in total. The van der Waals surface area contributed by atoms with Crippen LogP contribution in [-0.4, -0.2) is 42.4 Å². The highest BCUT2D eigenvalue weighted by atomic mass is 32.2. The molecule has 0 bridgehead atoms. The molecule has 0 saturated carbocycles. The monoisotopic (exact) mass is 425 g/mol. The van der Waals surface area contributed by atoms with Crippen LogP contribution in [-0.2, 0) is 0 Å². The van der Waals surface area contributed by atoms with Gasteiger partial charge in [0.2, 0.25) is 16.9 Å². The maximum Gasteiger partial charge on any atom is 0.269 e. The van der Waals surface area contributed by atoms with Gasteiger partial charge in [-0.1, -0.05) is 11.8 Å². The van der Waals surface area contributed by atoms with E-state index < -0.39 is 4.92 Å². The zero-order chi connectivity index (χ0) is 21.1. The summed E-state index contributed by atoms with van der Waals surface area (Å²) in [6.07, 6.45) is 0. The number of hydrogen-bond donors (Lipinski definition) is 0. The van der Waals surface area contributed by atoms with E-state index >= 15 is 0 Å². The lowest BCUT2D eigenvalue weighted by Crippen LogP contribution is -2.00. The molecule has 0 spiro atoms. The Morgan fingerprint density at radius 3 is 2.50 bits per heavy atom. The molecule has 11 nitrogen and oxygen atoms in total. The number of benzene rings is 2. The Balaban J connectivity index is 1.51. The highest BCUT2D eigenvalue weighted by Gasteiger charge is 2.20. The Labute approximate surface area is 174 Å². The summed E-state index contributed by atoms with van der Waals surface area (Å²) in [6.45, 7) is 1.89. The normalized spacial score (nSPS) is 11.9. The van der Waals surface area contributed by atoms with Gasteiger partial charge in [-0.05, 0) is 53.7 Å². The predicted octanol–water partition coefficient (Wildman–Crippen LogP) is 3.48. The van der Waals surface area contributed by atoms with E-state index in [-0.39, 0.29) is 16.8 Å². The van der Waals surface area contributed by atoms with Gasteiger partial charge in [-0.3, -0.25) is 10.1 Å². The maximum atomic E-state index is 10.8. The van der Waals surface area contributed by atoms with Crippen LogP contribution in [0.15, 0.2) is 58.1 Å². The summed E-state index contributed by atoms with van der Waals surface area (Å²) in [5, 5.41) is 31.1. The molecule has 12 heteroatoms. The Kier molecular flexibility index (Phi) is 5.39. The summed E-state index contributed by atoms with van der Waals surface area (Å²) < 4.78 is 12.5. The molecule has 0 aliphatic heterocycles.